The molecule has 2 heterocycles. The number of amidine groups is 1. The van der Waals surface area contributed by atoms with Crippen LogP contribution in [0.3, 0.4) is 0 Å². The van der Waals surface area contributed by atoms with Gasteiger partial charge in [-0.15, -0.1) is 0 Å². The predicted molar refractivity (Wildman–Crippen MR) is 118 cm³/mol. The third-order valence-electron chi connectivity index (χ3n) is 5.24. The van der Waals surface area contributed by atoms with Crippen LogP contribution in [0, 0.1) is 0 Å². The van der Waals surface area contributed by atoms with Crippen molar-refractivity contribution in [3.63, 3.8) is 0 Å². The Balaban J connectivity index is 1.60. The molecule has 33 heavy (non-hydrogen) atoms. The number of ether oxygens (including phenoxy) is 1. The third-order valence-corrected chi connectivity index (χ3v) is 5.24. The number of carbonyl (C=O) groups excluding carboxylic acids is 1. The van der Waals surface area contributed by atoms with Crippen LogP contribution < -0.4 is 10.1 Å². The first-order valence-electron chi connectivity index (χ1n) is 10.3. The van der Waals surface area contributed by atoms with Gasteiger partial charge in [-0.1, -0.05) is 12.1 Å². The standard InChI is InChI=1S/C23H22F3N5O2/c1-30-13-3-12-27-21(30)15-4-6-16(7-5-15)22(32)28-20-14-19(23(24,25)26)29-31(20)17-8-10-18(33-2)11-9-17/h4-11,14H,3,12-13H2,1-2H3,(H,28,32). The summed E-state index contributed by atoms with van der Waals surface area (Å²) in [4.78, 5) is 19.4. The molecule has 4 rings (SSSR count). The van der Waals surface area contributed by atoms with Gasteiger partial charge in [0.15, 0.2) is 5.69 Å². The Morgan fingerprint density at radius 3 is 2.39 bits per heavy atom. The molecule has 2 aromatic carbocycles. The van der Waals surface area contributed by atoms with Crippen molar-refractivity contribution in [3.05, 3.63) is 71.4 Å². The highest BCUT2D eigenvalue weighted by molar-refractivity contribution is 6.05. The van der Waals surface area contributed by atoms with E-state index in [1.807, 2.05) is 11.9 Å². The molecule has 3 aromatic rings. The summed E-state index contributed by atoms with van der Waals surface area (Å²) in [5.41, 5.74) is 0.405. The fourth-order valence-electron chi connectivity index (χ4n) is 3.52. The minimum absolute atomic E-state index is 0.0991. The molecule has 0 saturated carbocycles. The van der Waals surface area contributed by atoms with E-state index in [0.29, 0.717) is 17.0 Å². The maximum absolute atomic E-state index is 13.3. The van der Waals surface area contributed by atoms with E-state index in [2.05, 4.69) is 15.4 Å². The Hall–Kier alpha value is -3.82. The van der Waals surface area contributed by atoms with Crippen LogP contribution in [0.5, 0.6) is 5.75 Å². The van der Waals surface area contributed by atoms with Gasteiger partial charge in [0.2, 0.25) is 0 Å². The molecule has 1 aliphatic rings. The van der Waals surface area contributed by atoms with E-state index in [1.165, 1.54) is 7.11 Å². The minimum atomic E-state index is -4.66. The van der Waals surface area contributed by atoms with Gasteiger partial charge in [0.25, 0.3) is 5.91 Å². The molecule has 10 heteroatoms. The number of halogens is 3. The van der Waals surface area contributed by atoms with Crippen molar-refractivity contribution < 1.29 is 22.7 Å². The Morgan fingerprint density at radius 1 is 1.09 bits per heavy atom. The van der Waals surface area contributed by atoms with Crippen LogP contribution in [-0.2, 0) is 6.18 Å². The molecule has 0 aliphatic carbocycles. The first-order chi connectivity index (χ1) is 15.8. The molecule has 0 spiro atoms. The summed E-state index contributed by atoms with van der Waals surface area (Å²) in [6.07, 6.45) is -3.67. The van der Waals surface area contributed by atoms with Crippen molar-refractivity contribution in [1.29, 1.82) is 0 Å². The quantitative estimate of drug-likeness (QED) is 0.622. The van der Waals surface area contributed by atoms with Gasteiger partial charge in [0.1, 0.15) is 17.4 Å². The van der Waals surface area contributed by atoms with Crippen LogP contribution in [0.1, 0.15) is 28.0 Å². The second-order valence-corrected chi connectivity index (χ2v) is 7.53. The maximum atomic E-state index is 13.3. The summed E-state index contributed by atoms with van der Waals surface area (Å²) in [5.74, 6) is 0.739. The number of aromatic nitrogens is 2. The highest BCUT2D eigenvalue weighted by atomic mass is 19.4. The molecule has 0 saturated heterocycles. The van der Waals surface area contributed by atoms with E-state index in [1.54, 1.807) is 48.5 Å². The van der Waals surface area contributed by atoms with Crippen LogP contribution in [0.2, 0.25) is 0 Å². The molecule has 1 N–H and O–H groups in total. The van der Waals surface area contributed by atoms with E-state index in [4.69, 9.17) is 4.74 Å². The molecule has 1 amide bonds. The number of alkyl halides is 3. The van der Waals surface area contributed by atoms with Gasteiger partial charge in [0, 0.05) is 37.3 Å². The Bertz CT molecular complexity index is 1170. The van der Waals surface area contributed by atoms with E-state index in [9.17, 15) is 18.0 Å². The predicted octanol–water partition coefficient (Wildman–Crippen LogP) is 4.23. The zero-order valence-corrected chi connectivity index (χ0v) is 18.1. The van der Waals surface area contributed by atoms with E-state index in [0.717, 1.165) is 41.7 Å². The molecular weight excluding hydrogens is 435 g/mol. The number of aliphatic imine (C=N–C) groups is 1. The van der Waals surface area contributed by atoms with Crippen molar-refractivity contribution >= 4 is 17.6 Å². The van der Waals surface area contributed by atoms with Gasteiger partial charge in [-0.2, -0.15) is 18.3 Å². The van der Waals surface area contributed by atoms with E-state index >= 15 is 0 Å². The van der Waals surface area contributed by atoms with Gasteiger partial charge < -0.3 is 15.0 Å². The molecule has 7 nitrogen and oxygen atoms in total. The number of benzene rings is 2. The normalized spacial score (nSPS) is 14.1. The molecule has 172 valence electrons. The summed E-state index contributed by atoms with van der Waals surface area (Å²) in [6, 6.07) is 13.9. The number of methoxy groups -OCH3 is 1. The summed E-state index contributed by atoms with van der Waals surface area (Å²) >= 11 is 0. The van der Waals surface area contributed by atoms with Gasteiger partial charge in [0.05, 0.1) is 12.8 Å². The highest BCUT2D eigenvalue weighted by Crippen LogP contribution is 2.31. The molecule has 0 bridgehead atoms. The van der Waals surface area contributed by atoms with Gasteiger partial charge >= 0.3 is 6.18 Å². The van der Waals surface area contributed by atoms with Gasteiger partial charge in [-0.25, -0.2) is 4.68 Å². The summed E-state index contributed by atoms with van der Waals surface area (Å²) < 4.78 is 46.0. The monoisotopic (exact) mass is 457 g/mol. The Kier molecular flexibility index (Phi) is 6.08. The lowest BCUT2D eigenvalue weighted by Crippen LogP contribution is -2.32. The fourth-order valence-corrected chi connectivity index (χ4v) is 3.52. The Morgan fingerprint density at radius 2 is 1.79 bits per heavy atom. The summed E-state index contributed by atoms with van der Waals surface area (Å²) in [6.45, 7) is 1.65. The van der Waals surface area contributed by atoms with Crippen molar-refractivity contribution in [2.75, 3.05) is 32.6 Å². The molecule has 1 aromatic heterocycles. The van der Waals surface area contributed by atoms with Gasteiger partial charge in [-0.3, -0.25) is 9.79 Å². The zero-order chi connectivity index (χ0) is 23.6. The molecule has 0 radical (unpaired) electrons. The van der Waals surface area contributed by atoms with Crippen LogP contribution in [0.15, 0.2) is 59.6 Å². The lowest BCUT2D eigenvalue weighted by molar-refractivity contribution is -0.141. The second kappa shape index (κ2) is 8.97. The van der Waals surface area contributed by atoms with E-state index < -0.39 is 17.8 Å². The fraction of sp³-hybridized carbons (Fsp3) is 0.261. The summed E-state index contributed by atoms with van der Waals surface area (Å²) in [7, 11) is 3.44. The number of nitrogens with one attached hydrogen (secondary N) is 1. The molecular formula is C23H22F3N5O2. The lowest BCUT2D eigenvalue weighted by atomic mass is 10.1. The topological polar surface area (TPSA) is 71.7 Å². The average Bonchev–Trinajstić information content (AvgIpc) is 3.24. The molecule has 1 aliphatic heterocycles. The number of rotatable bonds is 5. The van der Waals surface area contributed by atoms with E-state index in [-0.39, 0.29) is 5.82 Å². The second-order valence-electron chi connectivity index (χ2n) is 7.53. The number of carbonyl (C=O) groups is 1. The molecule has 0 fully saturated rings. The van der Waals surface area contributed by atoms with Gasteiger partial charge in [-0.05, 0) is 42.8 Å². The number of nitrogens with zero attached hydrogens (tertiary/aromatic N) is 4. The minimum Gasteiger partial charge on any atom is -0.497 e. The first kappa shape index (κ1) is 22.4. The first-order valence-corrected chi connectivity index (χ1v) is 10.3. The van der Waals surface area contributed by atoms with Crippen LogP contribution in [-0.4, -0.2) is 53.7 Å². The zero-order valence-electron chi connectivity index (χ0n) is 18.1. The maximum Gasteiger partial charge on any atom is 0.435 e. The number of hydrogen-bond donors (Lipinski definition) is 1. The lowest BCUT2D eigenvalue weighted by Gasteiger charge is -2.25. The van der Waals surface area contributed by atoms with Crippen LogP contribution in [0.4, 0.5) is 19.0 Å². The summed E-state index contributed by atoms with van der Waals surface area (Å²) in [5, 5.41) is 6.20. The van der Waals surface area contributed by atoms with Crippen LogP contribution in [0.25, 0.3) is 5.69 Å². The van der Waals surface area contributed by atoms with Crippen molar-refractivity contribution in [2.24, 2.45) is 4.99 Å². The number of hydrogen-bond acceptors (Lipinski definition) is 5. The van der Waals surface area contributed by atoms with Crippen molar-refractivity contribution in [2.45, 2.75) is 12.6 Å². The molecule has 0 atom stereocenters. The largest absolute Gasteiger partial charge is 0.497 e. The number of amides is 1. The average molecular weight is 457 g/mol. The smallest absolute Gasteiger partial charge is 0.435 e. The Labute approximate surface area is 188 Å². The molecule has 0 unspecified atom stereocenters. The van der Waals surface area contributed by atoms with Crippen molar-refractivity contribution in [3.8, 4) is 11.4 Å². The van der Waals surface area contributed by atoms with Crippen LogP contribution >= 0.6 is 0 Å². The SMILES string of the molecule is COc1ccc(-n2nc(C(F)(F)F)cc2NC(=O)c2ccc(C3=NCCCN3C)cc2)cc1. The van der Waals surface area contributed by atoms with Crippen molar-refractivity contribution in [1.82, 2.24) is 14.7 Å². The number of anilines is 1. The highest BCUT2D eigenvalue weighted by Gasteiger charge is 2.35. The third kappa shape index (κ3) is 4.84.